The maximum Gasteiger partial charge on any atom is 0.124 e. The topological polar surface area (TPSA) is 3.24 Å². The molecule has 1 nitrogen and oxygen atoms in total. The summed E-state index contributed by atoms with van der Waals surface area (Å²) in [4.78, 5) is 0. The van der Waals surface area contributed by atoms with Crippen LogP contribution in [0.1, 0.15) is 34.1 Å². The monoisotopic (exact) mass is 187 g/mol. The van der Waals surface area contributed by atoms with Gasteiger partial charge in [-0.1, -0.05) is 40.7 Å². The molecule has 0 aliphatic carbocycles. The third-order valence-corrected chi connectivity index (χ3v) is 8.34. The first kappa shape index (κ1) is 12.2. The first-order valence-corrected chi connectivity index (χ1v) is 8.25. The van der Waals surface area contributed by atoms with Gasteiger partial charge in [-0.25, -0.2) is 0 Å². The Morgan fingerprint density at radius 1 is 1.00 bits per heavy atom. The molecular weight excluding hydrogens is 162 g/mol. The molecule has 0 aliphatic heterocycles. The summed E-state index contributed by atoms with van der Waals surface area (Å²) in [6.45, 7) is 14.3. The predicted molar refractivity (Wildman–Crippen MR) is 60.1 cm³/mol. The van der Waals surface area contributed by atoms with Crippen molar-refractivity contribution in [2.75, 3.05) is 13.1 Å². The highest BCUT2D eigenvalue weighted by molar-refractivity contribution is 6.75. The van der Waals surface area contributed by atoms with Crippen molar-refractivity contribution < 1.29 is 0 Å². The van der Waals surface area contributed by atoms with E-state index >= 15 is 0 Å². The van der Waals surface area contributed by atoms with Gasteiger partial charge in [0, 0.05) is 0 Å². The van der Waals surface area contributed by atoms with Crippen LogP contribution in [0.15, 0.2) is 0 Å². The van der Waals surface area contributed by atoms with Crippen molar-refractivity contribution in [3.05, 3.63) is 0 Å². The van der Waals surface area contributed by atoms with Crippen LogP contribution < -0.4 is 0 Å². The molecule has 1 unspecified atom stereocenters. The molecule has 0 spiro atoms. The van der Waals surface area contributed by atoms with Crippen molar-refractivity contribution in [2.45, 2.75) is 52.8 Å². The van der Waals surface area contributed by atoms with Crippen molar-refractivity contribution in [3.8, 4) is 0 Å². The molecule has 2 heteroatoms. The highest BCUT2D eigenvalue weighted by Crippen LogP contribution is 2.21. The summed E-state index contributed by atoms with van der Waals surface area (Å²) in [6, 6.07) is 2.87. The summed E-state index contributed by atoms with van der Waals surface area (Å²) in [6.07, 6.45) is 1.35. The highest BCUT2D eigenvalue weighted by atomic mass is 28.3. The Morgan fingerprint density at radius 3 is 1.75 bits per heavy atom. The predicted octanol–water partition coefficient (Wildman–Crippen LogP) is 3.33. The summed E-state index contributed by atoms with van der Waals surface area (Å²) in [5, 5.41) is 0. The second-order valence-electron chi connectivity index (χ2n) is 3.77. The minimum Gasteiger partial charge on any atom is -0.324 e. The van der Waals surface area contributed by atoms with Crippen molar-refractivity contribution in [1.82, 2.24) is 4.57 Å². The largest absolute Gasteiger partial charge is 0.324 e. The molecule has 0 N–H and O–H groups in total. The van der Waals surface area contributed by atoms with Gasteiger partial charge < -0.3 is 4.57 Å². The zero-order valence-electron chi connectivity index (χ0n) is 9.48. The van der Waals surface area contributed by atoms with Crippen LogP contribution in [-0.4, -0.2) is 25.9 Å². The van der Waals surface area contributed by atoms with Gasteiger partial charge in [0.2, 0.25) is 0 Å². The van der Waals surface area contributed by atoms with Crippen molar-refractivity contribution in [2.24, 2.45) is 0 Å². The van der Waals surface area contributed by atoms with E-state index in [-0.39, 0.29) is 0 Å². The summed E-state index contributed by atoms with van der Waals surface area (Å²) >= 11 is 0. The molecule has 0 aromatic heterocycles. The molecule has 0 rings (SSSR count). The molecule has 0 saturated heterocycles. The molecule has 0 aromatic carbocycles. The SMILES string of the molecule is CCC[Si](C)(CC)N(CC)CC. The van der Waals surface area contributed by atoms with Gasteiger partial charge in [-0.05, 0) is 25.2 Å². The fraction of sp³-hybridized carbons (Fsp3) is 1.00. The van der Waals surface area contributed by atoms with Gasteiger partial charge in [0.05, 0.1) is 0 Å². The smallest absolute Gasteiger partial charge is 0.124 e. The van der Waals surface area contributed by atoms with Crippen LogP contribution in [0.25, 0.3) is 0 Å². The van der Waals surface area contributed by atoms with Crippen LogP contribution >= 0.6 is 0 Å². The van der Waals surface area contributed by atoms with Crippen molar-refractivity contribution in [1.29, 1.82) is 0 Å². The zero-order valence-corrected chi connectivity index (χ0v) is 10.5. The molecule has 74 valence electrons. The van der Waals surface area contributed by atoms with Crippen molar-refractivity contribution >= 4 is 8.24 Å². The molecule has 0 amide bonds. The number of hydrogen-bond acceptors (Lipinski definition) is 1. The first-order valence-electron chi connectivity index (χ1n) is 5.39. The van der Waals surface area contributed by atoms with E-state index < -0.39 is 8.24 Å². The Bertz CT molecular complexity index is 112. The number of nitrogens with zero attached hydrogens (tertiary/aromatic N) is 1. The summed E-state index contributed by atoms with van der Waals surface area (Å²) in [5.74, 6) is 0. The van der Waals surface area contributed by atoms with Gasteiger partial charge >= 0.3 is 0 Å². The Kier molecular flexibility index (Phi) is 5.84. The highest BCUT2D eigenvalue weighted by Gasteiger charge is 2.29. The number of rotatable bonds is 6. The third kappa shape index (κ3) is 2.90. The van der Waals surface area contributed by atoms with Crippen LogP contribution in [0.2, 0.25) is 18.6 Å². The first-order chi connectivity index (χ1) is 5.64. The van der Waals surface area contributed by atoms with E-state index in [1.807, 2.05) is 0 Å². The quantitative estimate of drug-likeness (QED) is 0.577. The molecule has 0 heterocycles. The molecule has 0 aliphatic rings. The third-order valence-electron chi connectivity index (χ3n) is 3.08. The maximum atomic E-state index is 2.72. The molecule has 0 fully saturated rings. The minimum atomic E-state index is -1.02. The van der Waals surface area contributed by atoms with Gasteiger partial charge in [0.15, 0.2) is 0 Å². The van der Waals surface area contributed by atoms with E-state index in [4.69, 9.17) is 0 Å². The second kappa shape index (κ2) is 5.76. The van der Waals surface area contributed by atoms with E-state index in [0.29, 0.717) is 0 Å². The Morgan fingerprint density at radius 2 is 1.50 bits per heavy atom. The Balaban J connectivity index is 4.24. The average Bonchev–Trinajstić information content (AvgIpc) is 2.07. The molecule has 0 bridgehead atoms. The van der Waals surface area contributed by atoms with E-state index in [2.05, 4.69) is 38.8 Å². The zero-order chi connectivity index (χ0) is 9.61. The van der Waals surface area contributed by atoms with Crippen LogP contribution in [0.4, 0.5) is 0 Å². The maximum absolute atomic E-state index is 2.72. The second-order valence-corrected chi connectivity index (χ2v) is 8.61. The van der Waals surface area contributed by atoms with Gasteiger partial charge in [0.1, 0.15) is 8.24 Å². The van der Waals surface area contributed by atoms with Crippen molar-refractivity contribution in [3.63, 3.8) is 0 Å². The summed E-state index contributed by atoms with van der Waals surface area (Å²) in [5.41, 5.74) is 0. The lowest BCUT2D eigenvalue weighted by Crippen LogP contribution is -2.50. The lowest BCUT2D eigenvalue weighted by molar-refractivity contribution is 0.459. The van der Waals surface area contributed by atoms with Gasteiger partial charge in [-0.3, -0.25) is 0 Å². The number of hydrogen-bond donors (Lipinski definition) is 0. The summed E-state index contributed by atoms with van der Waals surface area (Å²) < 4.78 is 2.72. The van der Waals surface area contributed by atoms with Gasteiger partial charge in [-0.15, -0.1) is 0 Å². The fourth-order valence-corrected chi connectivity index (χ4v) is 5.81. The Labute approximate surface area is 79.2 Å². The lowest BCUT2D eigenvalue weighted by atomic mass is 10.6. The van der Waals surface area contributed by atoms with Gasteiger partial charge in [-0.2, -0.15) is 0 Å². The van der Waals surface area contributed by atoms with E-state index in [1.54, 1.807) is 0 Å². The molecule has 0 radical (unpaired) electrons. The van der Waals surface area contributed by atoms with Crippen LogP contribution in [0.5, 0.6) is 0 Å². The lowest BCUT2D eigenvalue weighted by Gasteiger charge is -2.37. The van der Waals surface area contributed by atoms with Gasteiger partial charge in [0.25, 0.3) is 0 Å². The van der Waals surface area contributed by atoms with Crippen LogP contribution in [-0.2, 0) is 0 Å². The Hall–Kier alpha value is 0.177. The standard InChI is InChI=1S/C10H25NSi/c1-6-10-12(5,9-4)11(7-2)8-3/h6-10H2,1-5H3. The van der Waals surface area contributed by atoms with Crippen LogP contribution in [0.3, 0.4) is 0 Å². The molecule has 0 aromatic rings. The minimum absolute atomic E-state index is 1.02. The molecule has 0 saturated carbocycles. The molecule has 12 heavy (non-hydrogen) atoms. The normalized spacial score (nSPS) is 16.5. The average molecular weight is 187 g/mol. The molecule has 1 atom stereocenters. The summed E-state index contributed by atoms with van der Waals surface area (Å²) in [7, 11) is -1.02. The van der Waals surface area contributed by atoms with E-state index in [1.165, 1.54) is 31.6 Å². The fourth-order valence-electron chi connectivity index (χ4n) is 2.08. The molecular formula is C10H25NSi. The van der Waals surface area contributed by atoms with E-state index in [0.717, 1.165) is 0 Å². The van der Waals surface area contributed by atoms with E-state index in [9.17, 15) is 0 Å². The van der Waals surface area contributed by atoms with Crippen LogP contribution in [0, 0.1) is 0 Å².